The molecule has 0 atom stereocenters. The SMILES string of the molecule is CC(=O)SCCCCCO[Si](C)(C)C(C)(C)C. The van der Waals surface area contributed by atoms with Gasteiger partial charge in [-0.05, 0) is 31.0 Å². The number of hydrogen-bond donors (Lipinski definition) is 0. The van der Waals surface area contributed by atoms with Crippen LogP contribution in [0.15, 0.2) is 0 Å². The number of carbonyl (C=O) groups is 1. The van der Waals surface area contributed by atoms with Crippen LogP contribution in [0.5, 0.6) is 0 Å². The molecule has 0 bridgehead atoms. The topological polar surface area (TPSA) is 26.3 Å². The van der Waals surface area contributed by atoms with Gasteiger partial charge in [0.15, 0.2) is 13.4 Å². The summed E-state index contributed by atoms with van der Waals surface area (Å²) in [6, 6.07) is 0. The zero-order valence-electron chi connectivity index (χ0n) is 12.3. The highest BCUT2D eigenvalue weighted by Gasteiger charge is 2.36. The highest BCUT2D eigenvalue weighted by Crippen LogP contribution is 2.36. The molecule has 4 heteroatoms. The van der Waals surface area contributed by atoms with E-state index in [1.54, 1.807) is 6.92 Å². The molecule has 0 N–H and O–H groups in total. The number of hydrogen-bond acceptors (Lipinski definition) is 3. The third kappa shape index (κ3) is 8.00. The standard InChI is InChI=1S/C13H28O2SSi/c1-12(14)16-11-9-7-8-10-15-17(5,6)13(2,3)4/h7-11H2,1-6H3. The van der Waals surface area contributed by atoms with E-state index >= 15 is 0 Å². The van der Waals surface area contributed by atoms with Crippen LogP contribution in [0.25, 0.3) is 0 Å². The van der Waals surface area contributed by atoms with Gasteiger partial charge in [-0.1, -0.05) is 39.0 Å². The Labute approximate surface area is 112 Å². The smallest absolute Gasteiger partial charge is 0.191 e. The third-order valence-corrected chi connectivity index (χ3v) is 8.80. The van der Waals surface area contributed by atoms with E-state index in [0.29, 0.717) is 5.04 Å². The second-order valence-electron chi connectivity index (χ2n) is 6.01. The normalized spacial score (nSPS) is 12.8. The third-order valence-electron chi connectivity index (χ3n) is 3.36. The lowest BCUT2D eigenvalue weighted by Crippen LogP contribution is -2.40. The monoisotopic (exact) mass is 276 g/mol. The summed E-state index contributed by atoms with van der Waals surface area (Å²) >= 11 is 1.43. The second-order valence-corrected chi connectivity index (χ2v) is 12.1. The van der Waals surface area contributed by atoms with Gasteiger partial charge in [0.25, 0.3) is 0 Å². The minimum atomic E-state index is -1.55. The quantitative estimate of drug-likeness (QED) is 0.507. The fourth-order valence-electron chi connectivity index (χ4n) is 1.14. The maximum atomic E-state index is 10.7. The number of rotatable bonds is 7. The molecule has 102 valence electrons. The lowest BCUT2D eigenvalue weighted by atomic mass is 10.2. The Morgan fingerprint density at radius 3 is 2.24 bits per heavy atom. The van der Waals surface area contributed by atoms with E-state index < -0.39 is 8.32 Å². The molecule has 0 heterocycles. The van der Waals surface area contributed by atoms with Gasteiger partial charge in [-0.25, -0.2) is 0 Å². The van der Waals surface area contributed by atoms with Crippen LogP contribution >= 0.6 is 11.8 Å². The van der Waals surface area contributed by atoms with Gasteiger partial charge >= 0.3 is 0 Å². The number of unbranched alkanes of at least 4 members (excludes halogenated alkanes) is 2. The zero-order valence-corrected chi connectivity index (χ0v) is 14.1. The average molecular weight is 277 g/mol. The van der Waals surface area contributed by atoms with E-state index in [-0.39, 0.29) is 5.12 Å². The molecule has 0 fully saturated rings. The minimum absolute atomic E-state index is 0.225. The molecular formula is C13H28O2SSi. The first-order valence-electron chi connectivity index (χ1n) is 6.44. The van der Waals surface area contributed by atoms with E-state index in [1.807, 2.05) is 0 Å². The molecule has 0 radical (unpaired) electrons. The van der Waals surface area contributed by atoms with E-state index in [1.165, 1.54) is 11.8 Å². The van der Waals surface area contributed by atoms with Gasteiger partial charge in [0.1, 0.15) is 0 Å². The van der Waals surface area contributed by atoms with Crippen LogP contribution in [-0.2, 0) is 9.22 Å². The maximum absolute atomic E-state index is 10.7. The summed E-state index contributed by atoms with van der Waals surface area (Å²) in [7, 11) is -1.55. The van der Waals surface area contributed by atoms with Gasteiger partial charge in [0, 0.05) is 19.3 Å². The van der Waals surface area contributed by atoms with Gasteiger partial charge in [-0.15, -0.1) is 0 Å². The van der Waals surface area contributed by atoms with Crippen LogP contribution < -0.4 is 0 Å². The first kappa shape index (κ1) is 17.2. The highest BCUT2D eigenvalue weighted by molar-refractivity contribution is 8.13. The molecular weight excluding hydrogens is 248 g/mol. The summed E-state index contributed by atoms with van der Waals surface area (Å²) < 4.78 is 6.09. The molecule has 0 spiro atoms. The first-order valence-corrected chi connectivity index (χ1v) is 10.3. The molecule has 0 saturated heterocycles. The van der Waals surface area contributed by atoms with E-state index in [9.17, 15) is 4.79 Å². The van der Waals surface area contributed by atoms with Crippen molar-refractivity contribution in [3.05, 3.63) is 0 Å². The molecule has 0 rings (SSSR count). The van der Waals surface area contributed by atoms with Crippen molar-refractivity contribution < 1.29 is 9.22 Å². The summed E-state index contributed by atoms with van der Waals surface area (Å²) in [5, 5.41) is 0.528. The predicted molar refractivity (Wildman–Crippen MR) is 80.1 cm³/mol. The molecule has 0 aromatic carbocycles. The van der Waals surface area contributed by atoms with Gasteiger partial charge in [-0.3, -0.25) is 4.79 Å². The molecule has 2 nitrogen and oxygen atoms in total. The lowest BCUT2D eigenvalue weighted by Gasteiger charge is -2.36. The molecule has 0 amide bonds. The second kappa shape index (κ2) is 7.59. The lowest BCUT2D eigenvalue weighted by molar-refractivity contribution is -0.109. The molecule has 0 aliphatic carbocycles. The van der Waals surface area contributed by atoms with Gasteiger partial charge in [-0.2, -0.15) is 0 Å². The summed E-state index contributed by atoms with van der Waals surface area (Å²) in [5.74, 6) is 0.954. The maximum Gasteiger partial charge on any atom is 0.191 e. The fraction of sp³-hybridized carbons (Fsp3) is 0.923. The average Bonchev–Trinajstić information content (AvgIpc) is 2.13. The molecule has 0 aromatic rings. The Kier molecular flexibility index (Phi) is 7.68. The number of carbonyl (C=O) groups excluding carboxylic acids is 1. The largest absolute Gasteiger partial charge is 0.417 e. The summed E-state index contributed by atoms with van der Waals surface area (Å²) in [5.41, 5.74) is 0. The van der Waals surface area contributed by atoms with E-state index in [0.717, 1.165) is 31.6 Å². The Morgan fingerprint density at radius 1 is 1.18 bits per heavy atom. The van der Waals surface area contributed by atoms with Crippen molar-refractivity contribution in [3.8, 4) is 0 Å². The highest BCUT2D eigenvalue weighted by atomic mass is 32.2. The van der Waals surface area contributed by atoms with Crippen molar-refractivity contribution in [2.75, 3.05) is 12.4 Å². The first-order chi connectivity index (χ1) is 7.67. The van der Waals surface area contributed by atoms with Crippen molar-refractivity contribution in [2.24, 2.45) is 0 Å². The van der Waals surface area contributed by atoms with Crippen LogP contribution in [-0.4, -0.2) is 25.8 Å². The molecule has 0 saturated carbocycles. The Hall–Kier alpha value is 0.197. The number of thioether (sulfide) groups is 1. The van der Waals surface area contributed by atoms with Crippen molar-refractivity contribution in [1.29, 1.82) is 0 Å². The van der Waals surface area contributed by atoms with Crippen molar-refractivity contribution >= 4 is 25.2 Å². The molecule has 0 aliphatic heterocycles. The van der Waals surface area contributed by atoms with E-state index in [2.05, 4.69) is 33.9 Å². The van der Waals surface area contributed by atoms with Gasteiger partial charge < -0.3 is 4.43 Å². The van der Waals surface area contributed by atoms with Crippen LogP contribution in [0.1, 0.15) is 47.0 Å². The van der Waals surface area contributed by atoms with Crippen LogP contribution in [0, 0.1) is 0 Å². The van der Waals surface area contributed by atoms with Crippen molar-refractivity contribution in [1.82, 2.24) is 0 Å². The summed E-state index contributed by atoms with van der Waals surface area (Å²) in [6.07, 6.45) is 3.39. The van der Waals surface area contributed by atoms with Gasteiger partial charge in [0.05, 0.1) is 0 Å². The summed E-state index contributed by atoms with van der Waals surface area (Å²) in [4.78, 5) is 10.7. The predicted octanol–water partition coefficient (Wildman–Crippen LogP) is 4.46. The Morgan fingerprint density at radius 2 is 1.76 bits per heavy atom. The molecule has 0 unspecified atom stereocenters. The molecule has 0 aliphatic rings. The Balaban J connectivity index is 3.55. The zero-order chi connectivity index (χ0) is 13.5. The van der Waals surface area contributed by atoms with Gasteiger partial charge in [0.2, 0.25) is 0 Å². The van der Waals surface area contributed by atoms with Crippen molar-refractivity contribution in [2.45, 2.75) is 65.1 Å². The molecule has 0 aromatic heterocycles. The van der Waals surface area contributed by atoms with Crippen LogP contribution in [0.4, 0.5) is 0 Å². The van der Waals surface area contributed by atoms with Crippen LogP contribution in [0.2, 0.25) is 18.1 Å². The van der Waals surface area contributed by atoms with E-state index in [4.69, 9.17) is 4.43 Å². The van der Waals surface area contributed by atoms with Crippen molar-refractivity contribution in [3.63, 3.8) is 0 Å². The molecule has 17 heavy (non-hydrogen) atoms. The summed E-state index contributed by atoms with van der Waals surface area (Å²) in [6.45, 7) is 13.9. The fourth-order valence-corrected chi connectivity index (χ4v) is 2.86. The minimum Gasteiger partial charge on any atom is -0.417 e. The Bertz CT molecular complexity index is 234. The van der Waals surface area contributed by atoms with Crippen LogP contribution in [0.3, 0.4) is 0 Å².